The highest BCUT2D eigenvalue weighted by Crippen LogP contribution is 2.41. The second kappa shape index (κ2) is 2.54. The molecule has 0 spiro atoms. The molecule has 0 amide bonds. The first-order valence-corrected chi connectivity index (χ1v) is 4.53. The number of rotatable bonds is 0. The minimum Gasteiger partial charge on any atom is -0.504 e. The number of fused-ring (bicyclic) bond motifs is 1. The molecule has 2 N–H and O–H groups in total. The lowest BCUT2D eigenvalue weighted by atomic mass is 10.2. The van der Waals surface area contributed by atoms with E-state index in [0.29, 0.717) is 0 Å². The first-order valence-electron chi connectivity index (χ1n) is 3.28. The Bertz CT molecular complexity index is 436. The summed E-state index contributed by atoms with van der Waals surface area (Å²) in [6, 6.07) is 3.33. The van der Waals surface area contributed by atoms with Crippen molar-refractivity contribution in [1.82, 2.24) is 0 Å². The molecule has 0 unspecified atom stereocenters. The first kappa shape index (κ1) is 7.71. The zero-order valence-electron chi connectivity index (χ0n) is 5.91. The van der Waals surface area contributed by atoms with Crippen LogP contribution >= 0.6 is 22.9 Å². The lowest BCUT2D eigenvalue weighted by molar-refractivity contribution is 0.405. The summed E-state index contributed by atoms with van der Waals surface area (Å²) in [5, 5.41) is 21.4. The fourth-order valence-corrected chi connectivity index (χ4v) is 2.20. The topological polar surface area (TPSA) is 40.5 Å². The van der Waals surface area contributed by atoms with Gasteiger partial charge < -0.3 is 10.2 Å². The molecule has 0 aliphatic carbocycles. The quantitative estimate of drug-likeness (QED) is 0.642. The molecular weight excluding hydrogens is 196 g/mol. The summed E-state index contributed by atoms with van der Waals surface area (Å²) in [6.45, 7) is 0. The van der Waals surface area contributed by atoms with E-state index in [4.69, 9.17) is 11.6 Å². The van der Waals surface area contributed by atoms with E-state index in [-0.39, 0.29) is 16.5 Å². The third kappa shape index (κ3) is 0.940. The molecule has 0 bridgehead atoms. The fraction of sp³-hybridized carbons (Fsp3) is 0. The highest BCUT2D eigenvalue weighted by Gasteiger charge is 2.10. The van der Waals surface area contributed by atoms with Crippen molar-refractivity contribution < 1.29 is 10.2 Å². The third-order valence-corrected chi connectivity index (χ3v) is 3.07. The van der Waals surface area contributed by atoms with Crippen LogP contribution in [0.4, 0.5) is 0 Å². The molecule has 0 saturated carbocycles. The van der Waals surface area contributed by atoms with Gasteiger partial charge in [0.1, 0.15) is 5.02 Å². The van der Waals surface area contributed by atoms with Crippen LogP contribution in [0.25, 0.3) is 10.1 Å². The summed E-state index contributed by atoms with van der Waals surface area (Å²) in [5.74, 6) is -0.419. The highest BCUT2D eigenvalue weighted by atomic mass is 35.5. The Morgan fingerprint density at radius 3 is 2.83 bits per heavy atom. The molecule has 12 heavy (non-hydrogen) atoms. The molecule has 1 heterocycles. The summed E-state index contributed by atoms with van der Waals surface area (Å²) in [7, 11) is 0. The van der Waals surface area contributed by atoms with Crippen molar-refractivity contribution in [1.29, 1.82) is 0 Å². The van der Waals surface area contributed by atoms with Crippen LogP contribution in [0.1, 0.15) is 0 Å². The summed E-state index contributed by atoms with van der Waals surface area (Å²) in [4.78, 5) is 0. The summed E-state index contributed by atoms with van der Waals surface area (Å²) >= 11 is 7.21. The highest BCUT2D eigenvalue weighted by molar-refractivity contribution is 7.17. The lowest BCUT2D eigenvalue weighted by Crippen LogP contribution is -1.71. The van der Waals surface area contributed by atoms with Gasteiger partial charge in [0.25, 0.3) is 0 Å². The van der Waals surface area contributed by atoms with Gasteiger partial charge in [-0.05, 0) is 22.9 Å². The molecule has 62 valence electrons. The van der Waals surface area contributed by atoms with Crippen molar-refractivity contribution in [3.05, 3.63) is 22.5 Å². The number of benzene rings is 1. The van der Waals surface area contributed by atoms with Crippen molar-refractivity contribution in [3.63, 3.8) is 0 Å². The van der Waals surface area contributed by atoms with Gasteiger partial charge in [0.05, 0.1) is 4.70 Å². The van der Waals surface area contributed by atoms with Gasteiger partial charge in [0.15, 0.2) is 11.5 Å². The number of aromatic hydroxyl groups is 2. The van der Waals surface area contributed by atoms with Gasteiger partial charge in [-0.2, -0.15) is 0 Å². The fourth-order valence-electron chi connectivity index (χ4n) is 1.05. The van der Waals surface area contributed by atoms with Gasteiger partial charge in [-0.1, -0.05) is 11.6 Å². The molecule has 2 nitrogen and oxygen atoms in total. The van der Waals surface area contributed by atoms with Crippen molar-refractivity contribution in [3.8, 4) is 11.5 Å². The minimum atomic E-state index is -0.244. The normalized spacial score (nSPS) is 10.8. The molecule has 4 heteroatoms. The Morgan fingerprint density at radius 2 is 2.08 bits per heavy atom. The molecule has 0 aliphatic heterocycles. The average molecular weight is 201 g/mol. The summed E-state index contributed by atoms with van der Waals surface area (Å²) in [6.07, 6.45) is 0. The molecule has 0 aliphatic rings. The minimum absolute atomic E-state index is 0.175. The number of phenolic OH excluding ortho intramolecular Hbond substituents is 2. The van der Waals surface area contributed by atoms with E-state index in [0.717, 1.165) is 10.1 Å². The number of halogens is 1. The number of phenols is 2. The van der Waals surface area contributed by atoms with E-state index in [2.05, 4.69) is 0 Å². The number of hydrogen-bond acceptors (Lipinski definition) is 3. The predicted molar refractivity (Wildman–Crippen MR) is 50.2 cm³/mol. The standard InChI is InChI=1S/C8H5ClO2S/c9-6-7(11)5(10)3-4-1-2-12-8(4)6/h1-3,10-11H. The van der Waals surface area contributed by atoms with E-state index in [9.17, 15) is 10.2 Å². The van der Waals surface area contributed by atoms with Crippen LogP contribution in [0.2, 0.25) is 5.02 Å². The third-order valence-electron chi connectivity index (χ3n) is 1.64. The van der Waals surface area contributed by atoms with E-state index in [1.807, 2.05) is 11.4 Å². The number of thiophene rings is 1. The molecule has 1 aromatic heterocycles. The van der Waals surface area contributed by atoms with E-state index in [1.165, 1.54) is 17.4 Å². The van der Waals surface area contributed by atoms with Crippen LogP contribution < -0.4 is 0 Å². The number of hydrogen-bond donors (Lipinski definition) is 2. The Morgan fingerprint density at radius 1 is 1.33 bits per heavy atom. The zero-order chi connectivity index (χ0) is 8.72. The van der Waals surface area contributed by atoms with Crippen LogP contribution in [-0.4, -0.2) is 10.2 Å². The maximum atomic E-state index is 9.25. The largest absolute Gasteiger partial charge is 0.504 e. The van der Waals surface area contributed by atoms with Gasteiger partial charge in [-0.25, -0.2) is 0 Å². The van der Waals surface area contributed by atoms with Gasteiger partial charge >= 0.3 is 0 Å². The van der Waals surface area contributed by atoms with Crippen LogP contribution in [0.5, 0.6) is 11.5 Å². The molecule has 1 aromatic carbocycles. The Hall–Kier alpha value is -0.930. The maximum absolute atomic E-state index is 9.25. The molecule has 0 radical (unpaired) electrons. The van der Waals surface area contributed by atoms with Crippen molar-refractivity contribution >= 4 is 33.0 Å². The average Bonchev–Trinajstić information content (AvgIpc) is 2.48. The Labute approximate surface area is 77.6 Å². The second-order valence-electron chi connectivity index (χ2n) is 2.40. The van der Waals surface area contributed by atoms with E-state index < -0.39 is 0 Å². The Kier molecular flexibility index (Phi) is 1.63. The predicted octanol–water partition coefficient (Wildman–Crippen LogP) is 2.97. The van der Waals surface area contributed by atoms with Gasteiger partial charge in [-0.15, -0.1) is 11.3 Å². The van der Waals surface area contributed by atoms with Crippen LogP contribution in [0.15, 0.2) is 17.5 Å². The van der Waals surface area contributed by atoms with Gasteiger partial charge in [-0.3, -0.25) is 0 Å². The maximum Gasteiger partial charge on any atom is 0.177 e. The molecule has 0 saturated heterocycles. The Balaban J connectivity index is 2.94. The van der Waals surface area contributed by atoms with E-state index in [1.54, 1.807) is 0 Å². The van der Waals surface area contributed by atoms with Gasteiger partial charge in [0, 0.05) is 0 Å². The van der Waals surface area contributed by atoms with Crippen molar-refractivity contribution in [2.45, 2.75) is 0 Å². The van der Waals surface area contributed by atoms with Crippen LogP contribution in [-0.2, 0) is 0 Å². The SMILES string of the molecule is Oc1cc2ccsc2c(Cl)c1O. The van der Waals surface area contributed by atoms with Gasteiger partial charge in [0.2, 0.25) is 0 Å². The van der Waals surface area contributed by atoms with Crippen molar-refractivity contribution in [2.24, 2.45) is 0 Å². The second-order valence-corrected chi connectivity index (χ2v) is 3.69. The monoisotopic (exact) mass is 200 g/mol. The first-order chi connectivity index (χ1) is 5.70. The van der Waals surface area contributed by atoms with Crippen LogP contribution in [0, 0.1) is 0 Å². The molecule has 2 rings (SSSR count). The lowest BCUT2D eigenvalue weighted by Gasteiger charge is -2.00. The molecular formula is C8H5ClO2S. The smallest absolute Gasteiger partial charge is 0.177 e. The molecule has 0 fully saturated rings. The zero-order valence-corrected chi connectivity index (χ0v) is 7.49. The van der Waals surface area contributed by atoms with Crippen molar-refractivity contribution in [2.75, 3.05) is 0 Å². The summed E-state index contributed by atoms with van der Waals surface area (Å²) in [5.41, 5.74) is 0. The molecule has 0 atom stereocenters. The summed E-state index contributed by atoms with van der Waals surface area (Å²) < 4.78 is 0.798. The van der Waals surface area contributed by atoms with E-state index >= 15 is 0 Å². The van der Waals surface area contributed by atoms with Crippen LogP contribution in [0.3, 0.4) is 0 Å². The molecule has 2 aromatic rings.